The number of nitrogens with one attached hydrogen (secondary N) is 3. The summed E-state index contributed by atoms with van der Waals surface area (Å²) in [6, 6.07) is 28.1. The highest BCUT2D eigenvalue weighted by Crippen LogP contribution is 2.29. The molecule has 4 nitrogen and oxygen atoms in total. The SMILES string of the molecule is O=C(Nc1cccc(Nc2ccccc2)c1)[C@H]1CNC[C@@H]1c1ccccc1. The van der Waals surface area contributed by atoms with Crippen LogP contribution in [-0.2, 0) is 4.79 Å². The summed E-state index contributed by atoms with van der Waals surface area (Å²) in [6.45, 7) is 1.53. The third-order valence-electron chi connectivity index (χ3n) is 4.97. The van der Waals surface area contributed by atoms with Crippen molar-refractivity contribution in [3.8, 4) is 0 Å². The molecule has 136 valence electrons. The van der Waals surface area contributed by atoms with Crippen molar-refractivity contribution < 1.29 is 4.79 Å². The van der Waals surface area contributed by atoms with E-state index in [9.17, 15) is 4.79 Å². The Morgan fingerprint density at radius 1 is 0.778 bits per heavy atom. The molecule has 1 aliphatic heterocycles. The maximum atomic E-state index is 12.9. The number of amides is 1. The van der Waals surface area contributed by atoms with Crippen molar-refractivity contribution >= 4 is 23.0 Å². The van der Waals surface area contributed by atoms with Crippen molar-refractivity contribution in [1.82, 2.24) is 5.32 Å². The molecule has 0 aliphatic carbocycles. The minimum absolute atomic E-state index is 0.0608. The van der Waals surface area contributed by atoms with Crippen LogP contribution in [0.5, 0.6) is 0 Å². The van der Waals surface area contributed by atoms with Crippen LogP contribution in [-0.4, -0.2) is 19.0 Å². The number of para-hydroxylation sites is 1. The number of hydrogen-bond donors (Lipinski definition) is 3. The second-order valence-electron chi connectivity index (χ2n) is 6.84. The Balaban J connectivity index is 1.45. The van der Waals surface area contributed by atoms with Crippen molar-refractivity contribution in [2.75, 3.05) is 23.7 Å². The lowest BCUT2D eigenvalue weighted by Crippen LogP contribution is -2.28. The number of anilines is 3. The Labute approximate surface area is 159 Å². The maximum Gasteiger partial charge on any atom is 0.229 e. The van der Waals surface area contributed by atoms with Gasteiger partial charge in [-0.3, -0.25) is 4.79 Å². The van der Waals surface area contributed by atoms with E-state index in [2.05, 4.69) is 28.1 Å². The van der Waals surface area contributed by atoms with Gasteiger partial charge in [0.25, 0.3) is 0 Å². The first kappa shape index (κ1) is 17.3. The van der Waals surface area contributed by atoms with Gasteiger partial charge in [0, 0.05) is 36.1 Å². The zero-order chi connectivity index (χ0) is 18.5. The molecule has 1 fully saturated rings. The smallest absolute Gasteiger partial charge is 0.229 e. The van der Waals surface area contributed by atoms with Crippen LogP contribution in [0.4, 0.5) is 17.1 Å². The lowest BCUT2D eigenvalue weighted by atomic mass is 9.88. The summed E-state index contributed by atoms with van der Waals surface area (Å²) >= 11 is 0. The van der Waals surface area contributed by atoms with Crippen LogP contribution >= 0.6 is 0 Å². The second kappa shape index (κ2) is 8.06. The molecule has 27 heavy (non-hydrogen) atoms. The summed E-state index contributed by atoms with van der Waals surface area (Å²) < 4.78 is 0. The molecular weight excluding hydrogens is 334 g/mol. The molecule has 0 radical (unpaired) electrons. The molecular formula is C23H23N3O. The third kappa shape index (κ3) is 4.18. The zero-order valence-electron chi connectivity index (χ0n) is 15.1. The van der Waals surface area contributed by atoms with Gasteiger partial charge in [-0.1, -0.05) is 54.6 Å². The van der Waals surface area contributed by atoms with E-state index in [1.54, 1.807) is 0 Å². The summed E-state index contributed by atoms with van der Waals surface area (Å²) in [4.78, 5) is 12.9. The molecule has 3 N–H and O–H groups in total. The Kier molecular flexibility index (Phi) is 5.17. The van der Waals surface area contributed by atoms with E-state index >= 15 is 0 Å². The van der Waals surface area contributed by atoms with E-state index in [1.165, 1.54) is 5.56 Å². The molecule has 0 spiro atoms. The summed E-state index contributed by atoms with van der Waals surface area (Å²) in [5, 5.41) is 9.81. The number of carbonyl (C=O) groups is 1. The average Bonchev–Trinajstić information content (AvgIpc) is 3.20. The van der Waals surface area contributed by atoms with Gasteiger partial charge in [-0.05, 0) is 35.9 Å². The second-order valence-corrected chi connectivity index (χ2v) is 6.84. The minimum atomic E-state index is -0.0712. The van der Waals surface area contributed by atoms with Gasteiger partial charge in [-0.15, -0.1) is 0 Å². The van der Waals surface area contributed by atoms with E-state index in [0.717, 1.165) is 23.6 Å². The summed E-state index contributed by atoms with van der Waals surface area (Å²) in [5.74, 6) is 0.195. The van der Waals surface area contributed by atoms with Crippen LogP contribution in [0, 0.1) is 5.92 Å². The number of rotatable bonds is 5. The lowest BCUT2D eigenvalue weighted by Gasteiger charge is -2.19. The van der Waals surface area contributed by atoms with Crippen molar-refractivity contribution in [2.24, 2.45) is 5.92 Å². The predicted molar refractivity (Wildman–Crippen MR) is 110 cm³/mol. The van der Waals surface area contributed by atoms with Crippen LogP contribution in [0.25, 0.3) is 0 Å². The minimum Gasteiger partial charge on any atom is -0.355 e. The molecule has 3 aromatic carbocycles. The first-order valence-corrected chi connectivity index (χ1v) is 9.28. The predicted octanol–water partition coefficient (Wildman–Crippen LogP) is 4.37. The molecule has 0 aromatic heterocycles. The summed E-state index contributed by atoms with van der Waals surface area (Å²) in [6.07, 6.45) is 0. The van der Waals surface area contributed by atoms with Gasteiger partial charge in [0.15, 0.2) is 0 Å². The van der Waals surface area contributed by atoms with Gasteiger partial charge in [0.2, 0.25) is 5.91 Å². The van der Waals surface area contributed by atoms with Crippen LogP contribution in [0.15, 0.2) is 84.9 Å². The van der Waals surface area contributed by atoms with E-state index < -0.39 is 0 Å². The molecule has 1 aliphatic rings. The summed E-state index contributed by atoms with van der Waals surface area (Å²) in [7, 11) is 0. The van der Waals surface area contributed by atoms with Crippen molar-refractivity contribution in [3.05, 3.63) is 90.5 Å². The highest BCUT2D eigenvalue weighted by atomic mass is 16.1. The molecule has 0 saturated carbocycles. The fourth-order valence-electron chi connectivity index (χ4n) is 3.60. The van der Waals surface area contributed by atoms with Gasteiger partial charge in [-0.2, -0.15) is 0 Å². The van der Waals surface area contributed by atoms with Crippen LogP contribution in [0.1, 0.15) is 11.5 Å². The Hall–Kier alpha value is -3.11. The van der Waals surface area contributed by atoms with Crippen molar-refractivity contribution in [2.45, 2.75) is 5.92 Å². The normalized spacial score (nSPS) is 18.8. The van der Waals surface area contributed by atoms with E-state index in [0.29, 0.717) is 6.54 Å². The molecule has 3 aromatic rings. The van der Waals surface area contributed by atoms with Gasteiger partial charge in [-0.25, -0.2) is 0 Å². The Bertz CT molecular complexity index is 896. The fourth-order valence-corrected chi connectivity index (χ4v) is 3.60. The molecule has 1 amide bonds. The molecule has 2 atom stereocenters. The third-order valence-corrected chi connectivity index (χ3v) is 4.97. The Morgan fingerprint density at radius 2 is 1.44 bits per heavy atom. The quantitative estimate of drug-likeness (QED) is 0.635. The average molecular weight is 357 g/mol. The number of hydrogen-bond acceptors (Lipinski definition) is 3. The largest absolute Gasteiger partial charge is 0.355 e. The van der Waals surface area contributed by atoms with Crippen LogP contribution in [0.3, 0.4) is 0 Å². The van der Waals surface area contributed by atoms with Gasteiger partial charge < -0.3 is 16.0 Å². The molecule has 1 saturated heterocycles. The molecule has 1 heterocycles. The van der Waals surface area contributed by atoms with Gasteiger partial charge >= 0.3 is 0 Å². The highest BCUT2D eigenvalue weighted by molar-refractivity contribution is 5.94. The van der Waals surface area contributed by atoms with Gasteiger partial charge in [0.1, 0.15) is 0 Å². The number of benzene rings is 3. The lowest BCUT2D eigenvalue weighted by molar-refractivity contribution is -0.119. The molecule has 4 rings (SSSR count). The van der Waals surface area contributed by atoms with Crippen LogP contribution < -0.4 is 16.0 Å². The van der Waals surface area contributed by atoms with Crippen molar-refractivity contribution in [3.63, 3.8) is 0 Å². The molecule has 4 heteroatoms. The van der Waals surface area contributed by atoms with E-state index in [4.69, 9.17) is 0 Å². The van der Waals surface area contributed by atoms with Crippen LogP contribution in [0.2, 0.25) is 0 Å². The standard InChI is InChI=1S/C23H23N3O/c27-23(22-16-24-15-21(22)17-8-3-1-4-9-17)26-20-13-7-12-19(14-20)25-18-10-5-2-6-11-18/h1-14,21-22,24-25H,15-16H2,(H,26,27)/t21-,22+/m1/s1. The summed E-state index contributed by atoms with van der Waals surface area (Å²) in [5.41, 5.74) is 3.98. The maximum absolute atomic E-state index is 12.9. The first-order valence-electron chi connectivity index (χ1n) is 9.28. The molecule has 0 unspecified atom stereocenters. The van der Waals surface area contributed by atoms with E-state index in [-0.39, 0.29) is 17.7 Å². The first-order chi connectivity index (χ1) is 13.3. The fraction of sp³-hybridized carbons (Fsp3) is 0.174. The monoisotopic (exact) mass is 357 g/mol. The highest BCUT2D eigenvalue weighted by Gasteiger charge is 2.33. The molecule has 0 bridgehead atoms. The van der Waals surface area contributed by atoms with Gasteiger partial charge in [0.05, 0.1) is 5.92 Å². The number of carbonyl (C=O) groups excluding carboxylic acids is 1. The van der Waals surface area contributed by atoms with Crippen molar-refractivity contribution in [1.29, 1.82) is 0 Å². The van der Waals surface area contributed by atoms with E-state index in [1.807, 2.05) is 72.8 Å². The Morgan fingerprint density at radius 3 is 2.22 bits per heavy atom. The zero-order valence-corrected chi connectivity index (χ0v) is 15.1. The topological polar surface area (TPSA) is 53.2 Å².